The molecule has 0 bridgehead atoms. The third-order valence-corrected chi connectivity index (χ3v) is 8.49. The molecule has 226 valence electrons. The Morgan fingerprint density at radius 1 is 0.829 bits per heavy atom. The number of allylic oxidation sites excluding steroid dienone is 12. The van der Waals surface area contributed by atoms with Gasteiger partial charge in [-0.25, -0.2) is 13.2 Å². The van der Waals surface area contributed by atoms with E-state index >= 15 is 8.78 Å². The number of halogens is 3. The van der Waals surface area contributed by atoms with Gasteiger partial charge in [-0.15, -0.1) is 6.58 Å². The zero-order chi connectivity index (χ0) is 29.0. The smallest absolute Gasteiger partial charge is 0.192 e. The van der Waals surface area contributed by atoms with Crippen molar-refractivity contribution in [2.24, 2.45) is 5.92 Å². The molecule has 0 radical (unpaired) electrons. The SMILES string of the molecule is C=CCCC1OCC(C2=CC=C(C3=CC=C(C4=CC=C(OCCCCCCCCC)C(F)C4F)CC3)C(F)C2)CO1. The van der Waals surface area contributed by atoms with E-state index < -0.39 is 18.5 Å². The summed E-state index contributed by atoms with van der Waals surface area (Å²) in [4.78, 5) is 0. The quantitative estimate of drug-likeness (QED) is 0.144. The number of rotatable bonds is 15. The number of hydrogen-bond donors (Lipinski definition) is 0. The molecule has 1 fully saturated rings. The van der Waals surface area contributed by atoms with Crippen LogP contribution in [0.1, 0.15) is 84.0 Å². The highest BCUT2D eigenvalue weighted by Crippen LogP contribution is 2.39. The molecule has 0 saturated carbocycles. The molecule has 3 atom stereocenters. The fourth-order valence-electron chi connectivity index (χ4n) is 5.91. The van der Waals surface area contributed by atoms with E-state index in [4.69, 9.17) is 14.2 Å². The molecule has 3 nitrogen and oxygen atoms in total. The largest absolute Gasteiger partial charge is 0.495 e. The molecule has 0 spiro atoms. The first-order chi connectivity index (χ1) is 20.0. The molecule has 0 aromatic heterocycles. The third-order valence-electron chi connectivity index (χ3n) is 8.49. The van der Waals surface area contributed by atoms with Crippen LogP contribution in [0.5, 0.6) is 0 Å². The molecule has 1 heterocycles. The van der Waals surface area contributed by atoms with Gasteiger partial charge in [-0.2, -0.15) is 0 Å². The zero-order valence-electron chi connectivity index (χ0n) is 24.6. The van der Waals surface area contributed by atoms with E-state index in [1.165, 1.54) is 25.7 Å². The van der Waals surface area contributed by atoms with Gasteiger partial charge in [-0.05, 0) is 54.1 Å². The van der Waals surface area contributed by atoms with E-state index in [-0.39, 0.29) is 18.0 Å². The molecule has 0 amide bonds. The Bertz CT molecular complexity index is 1060. The Labute approximate surface area is 244 Å². The Kier molecular flexibility index (Phi) is 12.6. The standard InChI is InChI=1S/C35H47F3O3/c1-3-5-7-8-9-10-11-21-39-32-20-19-30(34(37)35(32)38)26-15-13-25(14-16-26)29-18-17-27(22-31(29)36)28-23-40-33(41-24-28)12-6-4-2/h4,13,15,17-20,28,31,33-35H,2-3,5-12,14,16,21-24H2,1H3. The maximum absolute atomic E-state index is 15.3. The molecule has 6 heteroatoms. The van der Waals surface area contributed by atoms with Crippen LogP contribution < -0.4 is 0 Å². The van der Waals surface area contributed by atoms with Crippen LogP contribution in [-0.2, 0) is 14.2 Å². The molecular formula is C35H47F3O3. The van der Waals surface area contributed by atoms with Gasteiger partial charge in [-0.3, -0.25) is 0 Å². The normalized spacial score (nSPS) is 28.5. The molecular weight excluding hydrogens is 525 g/mol. The van der Waals surface area contributed by atoms with Gasteiger partial charge >= 0.3 is 0 Å². The molecule has 1 aliphatic heterocycles. The van der Waals surface area contributed by atoms with Crippen LogP contribution in [0.2, 0.25) is 0 Å². The fourth-order valence-corrected chi connectivity index (χ4v) is 5.91. The van der Waals surface area contributed by atoms with Crippen LogP contribution >= 0.6 is 0 Å². The van der Waals surface area contributed by atoms with Gasteiger partial charge in [-0.1, -0.05) is 87.5 Å². The molecule has 3 unspecified atom stereocenters. The molecule has 3 aliphatic carbocycles. The van der Waals surface area contributed by atoms with Crippen molar-refractivity contribution in [1.29, 1.82) is 0 Å². The first-order valence-electron chi connectivity index (χ1n) is 15.6. The first kappa shape index (κ1) is 31.6. The lowest BCUT2D eigenvalue weighted by Gasteiger charge is -2.33. The van der Waals surface area contributed by atoms with Crippen molar-refractivity contribution in [3.8, 4) is 0 Å². The van der Waals surface area contributed by atoms with Gasteiger partial charge in [0.2, 0.25) is 0 Å². The van der Waals surface area contributed by atoms with E-state index in [1.54, 1.807) is 12.2 Å². The summed E-state index contributed by atoms with van der Waals surface area (Å²) in [5, 5.41) is 0. The zero-order valence-corrected chi connectivity index (χ0v) is 24.6. The van der Waals surface area contributed by atoms with Crippen molar-refractivity contribution < 1.29 is 27.4 Å². The van der Waals surface area contributed by atoms with Crippen LogP contribution in [0.4, 0.5) is 13.2 Å². The number of unbranched alkanes of at least 4 members (excludes halogenated alkanes) is 6. The van der Waals surface area contributed by atoms with E-state index in [2.05, 4.69) is 13.5 Å². The van der Waals surface area contributed by atoms with Crippen molar-refractivity contribution in [1.82, 2.24) is 0 Å². The summed E-state index contributed by atoms with van der Waals surface area (Å²) in [7, 11) is 0. The highest BCUT2D eigenvalue weighted by atomic mass is 19.2. The van der Waals surface area contributed by atoms with Crippen LogP contribution in [0.25, 0.3) is 0 Å². The van der Waals surface area contributed by atoms with Gasteiger partial charge in [0.25, 0.3) is 0 Å². The first-order valence-corrected chi connectivity index (χ1v) is 15.6. The predicted molar refractivity (Wildman–Crippen MR) is 160 cm³/mol. The predicted octanol–water partition coefficient (Wildman–Crippen LogP) is 9.45. The fraction of sp³-hybridized carbons (Fsp3) is 0.600. The molecule has 4 rings (SSSR count). The highest BCUT2D eigenvalue weighted by Gasteiger charge is 2.34. The van der Waals surface area contributed by atoms with E-state index in [9.17, 15) is 4.39 Å². The summed E-state index contributed by atoms with van der Waals surface area (Å²) in [6.45, 7) is 7.41. The maximum Gasteiger partial charge on any atom is 0.192 e. The molecule has 4 aliphatic rings. The summed E-state index contributed by atoms with van der Waals surface area (Å²) < 4.78 is 62.6. The van der Waals surface area contributed by atoms with Gasteiger partial charge in [0.1, 0.15) is 11.9 Å². The van der Waals surface area contributed by atoms with Crippen molar-refractivity contribution in [2.75, 3.05) is 19.8 Å². The van der Waals surface area contributed by atoms with Crippen molar-refractivity contribution in [3.63, 3.8) is 0 Å². The van der Waals surface area contributed by atoms with Gasteiger partial charge in [0.15, 0.2) is 18.6 Å². The summed E-state index contributed by atoms with van der Waals surface area (Å²) in [6, 6.07) is 0. The van der Waals surface area contributed by atoms with Crippen LogP contribution in [-0.4, -0.2) is 44.6 Å². The summed E-state index contributed by atoms with van der Waals surface area (Å²) >= 11 is 0. The minimum atomic E-state index is -1.80. The molecule has 0 aromatic rings. The van der Waals surface area contributed by atoms with Crippen molar-refractivity contribution in [3.05, 3.63) is 82.7 Å². The second kappa shape index (κ2) is 16.4. The van der Waals surface area contributed by atoms with Gasteiger partial charge in [0, 0.05) is 18.8 Å². The molecule has 1 saturated heterocycles. The van der Waals surface area contributed by atoms with E-state index in [0.717, 1.165) is 48.8 Å². The Morgan fingerprint density at radius 3 is 2.15 bits per heavy atom. The highest BCUT2D eigenvalue weighted by molar-refractivity contribution is 5.50. The maximum atomic E-state index is 15.3. The number of hydrogen-bond acceptors (Lipinski definition) is 3. The number of alkyl halides is 3. The molecule has 41 heavy (non-hydrogen) atoms. The second-order valence-corrected chi connectivity index (χ2v) is 11.5. The van der Waals surface area contributed by atoms with Crippen LogP contribution in [0, 0.1) is 5.92 Å². The second-order valence-electron chi connectivity index (χ2n) is 11.5. The lowest BCUT2D eigenvalue weighted by Crippen LogP contribution is -2.34. The topological polar surface area (TPSA) is 27.7 Å². The minimum absolute atomic E-state index is 0.0590. The summed E-state index contributed by atoms with van der Waals surface area (Å²) in [5.74, 6) is 0.139. The van der Waals surface area contributed by atoms with Crippen LogP contribution in [0.3, 0.4) is 0 Å². The molecule has 0 aromatic carbocycles. The van der Waals surface area contributed by atoms with Crippen molar-refractivity contribution in [2.45, 2.75) is 109 Å². The summed E-state index contributed by atoms with van der Waals surface area (Å²) in [5.41, 5.74) is 3.71. The van der Waals surface area contributed by atoms with Crippen molar-refractivity contribution >= 4 is 0 Å². The van der Waals surface area contributed by atoms with Gasteiger partial charge in [0.05, 0.1) is 19.8 Å². The Morgan fingerprint density at radius 2 is 1.49 bits per heavy atom. The Balaban J connectivity index is 1.30. The van der Waals surface area contributed by atoms with E-state index in [0.29, 0.717) is 50.2 Å². The Hall–Kier alpha value is -2.31. The number of ether oxygens (including phenoxy) is 3. The third kappa shape index (κ3) is 8.84. The lowest BCUT2D eigenvalue weighted by molar-refractivity contribution is -0.196. The monoisotopic (exact) mass is 572 g/mol. The summed E-state index contributed by atoms with van der Waals surface area (Å²) in [6.07, 6.45) is 18.8. The lowest BCUT2D eigenvalue weighted by atomic mass is 9.81. The van der Waals surface area contributed by atoms with Crippen LogP contribution in [0.15, 0.2) is 82.7 Å². The molecule has 0 N–H and O–H groups in total. The van der Waals surface area contributed by atoms with E-state index in [1.807, 2.05) is 30.4 Å². The average molecular weight is 573 g/mol. The average Bonchev–Trinajstić information content (AvgIpc) is 3.00. The van der Waals surface area contributed by atoms with Gasteiger partial charge < -0.3 is 14.2 Å². The minimum Gasteiger partial charge on any atom is -0.495 e.